The molecule has 3 rings (SSSR count). The van der Waals surface area contributed by atoms with Gasteiger partial charge in [-0.15, -0.1) is 0 Å². The molecule has 0 saturated carbocycles. The highest BCUT2D eigenvalue weighted by Gasteiger charge is 2.33. The van der Waals surface area contributed by atoms with Crippen LogP contribution in [0, 0.1) is 5.41 Å². The summed E-state index contributed by atoms with van der Waals surface area (Å²) in [5, 5.41) is 9.59. The van der Waals surface area contributed by atoms with Crippen LogP contribution >= 0.6 is 0 Å². The van der Waals surface area contributed by atoms with Gasteiger partial charge in [0.15, 0.2) is 5.78 Å². The summed E-state index contributed by atoms with van der Waals surface area (Å²) in [6.07, 6.45) is 6.57. The maximum absolute atomic E-state index is 12.4. The monoisotopic (exact) mass is 343 g/mol. The Morgan fingerprint density at radius 2 is 1.84 bits per heavy atom. The van der Waals surface area contributed by atoms with E-state index in [4.69, 9.17) is 0 Å². The fraction of sp³-hybridized carbons (Fsp3) is 0.619. The maximum Gasteiger partial charge on any atom is 0.223 e. The smallest absolute Gasteiger partial charge is 0.223 e. The van der Waals surface area contributed by atoms with Crippen molar-refractivity contribution in [2.75, 3.05) is 19.7 Å². The van der Waals surface area contributed by atoms with Crippen LogP contribution in [0.2, 0.25) is 0 Å². The third-order valence-electron chi connectivity index (χ3n) is 6.25. The number of ketones is 1. The van der Waals surface area contributed by atoms with E-state index in [1.54, 1.807) is 0 Å². The number of piperidine rings is 1. The van der Waals surface area contributed by atoms with Gasteiger partial charge in [0.05, 0.1) is 0 Å². The first-order valence-corrected chi connectivity index (χ1v) is 9.60. The molecule has 1 aliphatic carbocycles. The fourth-order valence-electron chi connectivity index (χ4n) is 4.12. The maximum atomic E-state index is 12.4. The molecule has 2 aliphatic rings. The zero-order valence-corrected chi connectivity index (χ0v) is 15.2. The number of hydrogen-bond acceptors (Lipinski definition) is 3. The highest BCUT2D eigenvalue weighted by molar-refractivity contribution is 5.98. The molecule has 1 fully saturated rings. The molecule has 1 amide bonds. The number of fused-ring (bicyclic) bond motifs is 1. The first-order valence-electron chi connectivity index (χ1n) is 9.60. The number of aliphatic hydroxyl groups is 1. The standard InChI is InChI=1S/C21H29NO3/c1-2-21(15-23)10-12-22(13-11-21)20(25)9-8-19(24)18-7-6-16-4-3-5-17(16)14-18/h6-7,14,23H,2-5,8-13,15H2,1H3. The van der Waals surface area contributed by atoms with Crippen LogP contribution in [-0.2, 0) is 17.6 Å². The number of aryl methyl sites for hydroxylation is 2. The molecule has 0 bridgehead atoms. The molecule has 0 spiro atoms. The van der Waals surface area contributed by atoms with Gasteiger partial charge >= 0.3 is 0 Å². The first kappa shape index (κ1) is 18.1. The molecule has 0 unspecified atom stereocenters. The van der Waals surface area contributed by atoms with Crippen LogP contribution in [0.15, 0.2) is 18.2 Å². The molecule has 0 radical (unpaired) electrons. The van der Waals surface area contributed by atoms with Gasteiger partial charge in [-0.3, -0.25) is 9.59 Å². The fourth-order valence-corrected chi connectivity index (χ4v) is 4.12. The number of carbonyl (C=O) groups is 2. The van der Waals surface area contributed by atoms with E-state index in [1.807, 2.05) is 17.0 Å². The second-order valence-corrected chi connectivity index (χ2v) is 7.65. The van der Waals surface area contributed by atoms with E-state index >= 15 is 0 Å². The zero-order valence-electron chi connectivity index (χ0n) is 15.2. The van der Waals surface area contributed by atoms with Crippen molar-refractivity contribution in [2.45, 2.75) is 58.3 Å². The van der Waals surface area contributed by atoms with Crippen molar-refractivity contribution in [2.24, 2.45) is 5.41 Å². The Hall–Kier alpha value is -1.68. The lowest BCUT2D eigenvalue weighted by atomic mass is 9.77. The molecular formula is C21H29NO3. The van der Waals surface area contributed by atoms with Crippen molar-refractivity contribution >= 4 is 11.7 Å². The van der Waals surface area contributed by atoms with Crippen LogP contribution in [0.5, 0.6) is 0 Å². The van der Waals surface area contributed by atoms with Crippen molar-refractivity contribution in [3.05, 3.63) is 34.9 Å². The minimum atomic E-state index is -0.0168. The number of rotatable bonds is 6. The number of Topliss-reactive ketones (excluding diaryl/α,β-unsaturated/α-hetero) is 1. The van der Waals surface area contributed by atoms with E-state index in [0.717, 1.165) is 37.7 Å². The van der Waals surface area contributed by atoms with Crippen LogP contribution in [-0.4, -0.2) is 41.4 Å². The number of hydrogen-bond donors (Lipinski definition) is 1. The Morgan fingerprint density at radius 1 is 1.12 bits per heavy atom. The lowest BCUT2D eigenvalue weighted by Crippen LogP contribution is -2.44. The largest absolute Gasteiger partial charge is 0.396 e. The Bertz CT molecular complexity index is 639. The summed E-state index contributed by atoms with van der Waals surface area (Å²) in [5.41, 5.74) is 3.39. The summed E-state index contributed by atoms with van der Waals surface area (Å²) in [6, 6.07) is 6.00. The number of aliphatic hydroxyl groups excluding tert-OH is 1. The van der Waals surface area contributed by atoms with Crippen LogP contribution in [0.1, 0.15) is 66.9 Å². The molecule has 136 valence electrons. The van der Waals surface area contributed by atoms with Crippen LogP contribution in [0.3, 0.4) is 0 Å². The quantitative estimate of drug-likeness (QED) is 0.807. The first-order chi connectivity index (χ1) is 12.1. The van der Waals surface area contributed by atoms with Gasteiger partial charge in [0.2, 0.25) is 5.91 Å². The van der Waals surface area contributed by atoms with Gasteiger partial charge in [-0.1, -0.05) is 19.1 Å². The van der Waals surface area contributed by atoms with Gasteiger partial charge in [0, 0.05) is 38.1 Å². The summed E-state index contributed by atoms with van der Waals surface area (Å²) in [5.74, 6) is 0.135. The molecule has 1 N–H and O–H groups in total. The van der Waals surface area contributed by atoms with Crippen LogP contribution < -0.4 is 0 Å². The van der Waals surface area contributed by atoms with Gasteiger partial charge in [-0.05, 0) is 61.1 Å². The Balaban J connectivity index is 1.50. The minimum absolute atomic E-state index is 0.0168. The summed E-state index contributed by atoms with van der Waals surface area (Å²) in [7, 11) is 0. The average Bonchev–Trinajstić information content (AvgIpc) is 3.13. The molecule has 1 aromatic rings. The summed E-state index contributed by atoms with van der Waals surface area (Å²) >= 11 is 0. The highest BCUT2D eigenvalue weighted by atomic mass is 16.3. The molecule has 0 atom stereocenters. The van der Waals surface area contributed by atoms with E-state index < -0.39 is 0 Å². The topological polar surface area (TPSA) is 57.6 Å². The second kappa shape index (κ2) is 7.69. The molecule has 4 nitrogen and oxygen atoms in total. The number of carbonyl (C=O) groups excluding carboxylic acids is 2. The predicted molar refractivity (Wildman–Crippen MR) is 97.7 cm³/mol. The van der Waals surface area contributed by atoms with Gasteiger partial charge < -0.3 is 10.0 Å². The van der Waals surface area contributed by atoms with E-state index in [2.05, 4.69) is 13.0 Å². The van der Waals surface area contributed by atoms with E-state index in [1.165, 1.54) is 17.5 Å². The predicted octanol–water partition coefficient (Wildman–Crippen LogP) is 3.15. The van der Waals surface area contributed by atoms with Crippen LogP contribution in [0.4, 0.5) is 0 Å². The summed E-state index contributed by atoms with van der Waals surface area (Å²) < 4.78 is 0. The Kier molecular flexibility index (Phi) is 5.57. The summed E-state index contributed by atoms with van der Waals surface area (Å²) in [6.45, 7) is 3.69. The second-order valence-electron chi connectivity index (χ2n) is 7.65. The number of amides is 1. The van der Waals surface area contributed by atoms with Crippen molar-refractivity contribution in [3.63, 3.8) is 0 Å². The molecule has 25 heavy (non-hydrogen) atoms. The van der Waals surface area contributed by atoms with Crippen molar-refractivity contribution in [1.82, 2.24) is 4.90 Å². The number of benzene rings is 1. The SMILES string of the molecule is CCC1(CO)CCN(C(=O)CCC(=O)c2ccc3c(c2)CCC3)CC1. The van der Waals surface area contributed by atoms with Gasteiger partial charge in [-0.2, -0.15) is 0 Å². The van der Waals surface area contributed by atoms with Gasteiger partial charge in [-0.25, -0.2) is 0 Å². The average molecular weight is 343 g/mol. The molecule has 1 aromatic carbocycles. The summed E-state index contributed by atoms with van der Waals surface area (Å²) in [4.78, 5) is 26.7. The molecule has 0 aromatic heterocycles. The van der Waals surface area contributed by atoms with Crippen molar-refractivity contribution in [1.29, 1.82) is 0 Å². The number of nitrogens with zero attached hydrogens (tertiary/aromatic N) is 1. The molecular weight excluding hydrogens is 314 g/mol. The number of likely N-dealkylation sites (tertiary alicyclic amines) is 1. The highest BCUT2D eigenvalue weighted by Crippen LogP contribution is 2.34. The molecule has 1 aliphatic heterocycles. The molecule has 1 heterocycles. The normalized spacial score (nSPS) is 18.9. The lowest BCUT2D eigenvalue weighted by molar-refractivity contribution is -0.134. The van der Waals surface area contributed by atoms with Crippen molar-refractivity contribution in [3.8, 4) is 0 Å². The molecule has 4 heteroatoms. The molecule has 1 saturated heterocycles. The van der Waals surface area contributed by atoms with Gasteiger partial charge in [0.25, 0.3) is 0 Å². The Morgan fingerprint density at radius 3 is 2.52 bits per heavy atom. The van der Waals surface area contributed by atoms with Crippen molar-refractivity contribution < 1.29 is 14.7 Å². The lowest BCUT2D eigenvalue weighted by Gasteiger charge is -2.40. The third-order valence-corrected chi connectivity index (χ3v) is 6.25. The van der Waals surface area contributed by atoms with E-state index in [-0.39, 0.29) is 36.6 Å². The van der Waals surface area contributed by atoms with Crippen LogP contribution in [0.25, 0.3) is 0 Å². The Labute approximate surface area is 150 Å². The third kappa shape index (κ3) is 3.95. The van der Waals surface area contributed by atoms with Gasteiger partial charge in [0.1, 0.15) is 0 Å². The minimum Gasteiger partial charge on any atom is -0.396 e. The van der Waals surface area contributed by atoms with E-state index in [0.29, 0.717) is 13.1 Å². The van der Waals surface area contributed by atoms with E-state index in [9.17, 15) is 14.7 Å². The zero-order chi connectivity index (χ0) is 17.9.